The zero-order chi connectivity index (χ0) is 21.1. The quantitative estimate of drug-likeness (QED) is 0.670. The van der Waals surface area contributed by atoms with Crippen molar-refractivity contribution in [2.24, 2.45) is 5.92 Å². The number of imide groups is 1. The van der Waals surface area contributed by atoms with Crippen molar-refractivity contribution >= 4 is 17.8 Å². The Kier molecular flexibility index (Phi) is 6.86. The molecule has 28 heavy (non-hydrogen) atoms. The molecule has 1 aromatic rings. The first kappa shape index (κ1) is 21.9. The molecule has 4 amide bonds. The number of benzene rings is 1. The van der Waals surface area contributed by atoms with E-state index in [0.29, 0.717) is 17.4 Å². The molecule has 1 saturated heterocycles. The van der Waals surface area contributed by atoms with Gasteiger partial charge in [-0.25, -0.2) is 4.79 Å². The summed E-state index contributed by atoms with van der Waals surface area (Å²) >= 11 is 0. The summed E-state index contributed by atoms with van der Waals surface area (Å²) in [6.07, 6.45) is 1.87. The highest BCUT2D eigenvalue weighted by Crippen LogP contribution is 2.29. The molecule has 0 unspecified atom stereocenters. The lowest BCUT2D eigenvalue weighted by Gasteiger charge is -2.23. The third kappa shape index (κ3) is 4.91. The summed E-state index contributed by atoms with van der Waals surface area (Å²) < 4.78 is 0. The summed E-state index contributed by atoms with van der Waals surface area (Å²) in [6, 6.07) is 7.14. The van der Waals surface area contributed by atoms with Gasteiger partial charge in [-0.15, -0.1) is 0 Å². The molecule has 0 radical (unpaired) electrons. The summed E-state index contributed by atoms with van der Waals surface area (Å²) in [4.78, 5) is 38.7. The van der Waals surface area contributed by atoms with Gasteiger partial charge in [-0.05, 0) is 49.7 Å². The van der Waals surface area contributed by atoms with Gasteiger partial charge in [0.2, 0.25) is 5.91 Å². The van der Waals surface area contributed by atoms with E-state index in [1.807, 2.05) is 31.2 Å². The van der Waals surface area contributed by atoms with Gasteiger partial charge < -0.3 is 10.6 Å². The predicted octanol–water partition coefficient (Wildman–Crippen LogP) is 3.52. The van der Waals surface area contributed by atoms with Gasteiger partial charge in [0.15, 0.2) is 0 Å². The largest absolute Gasteiger partial charge is 0.352 e. The molecule has 0 bridgehead atoms. The van der Waals surface area contributed by atoms with Crippen LogP contribution in [0.15, 0.2) is 24.3 Å². The minimum absolute atomic E-state index is 0.00521. The SMILES string of the molecule is CC(C)CC[C@H](C)NC(=O)CN1C(=O)N[C@@](C)(c2ccc(C(C)C)cc2)C1=O. The average molecular weight is 388 g/mol. The highest BCUT2D eigenvalue weighted by atomic mass is 16.2. The highest BCUT2D eigenvalue weighted by molar-refractivity contribution is 6.09. The molecule has 2 rings (SSSR count). The van der Waals surface area contributed by atoms with E-state index in [1.54, 1.807) is 6.92 Å². The maximum atomic E-state index is 13.0. The third-order valence-electron chi connectivity index (χ3n) is 5.32. The number of hydrogen-bond donors (Lipinski definition) is 2. The Balaban J connectivity index is 2.05. The highest BCUT2D eigenvalue weighted by Gasteiger charge is 2.49. The number of hydrogen-bond acceptors (Lipinski definition) is 3. The fourth-order valence-corrected chi connectivity index (χ4v) is 3.36. The van der Waals surface area contributed by atoms with Crippen LogP contribution in [-0.4, -0.2) is 35.3 Å². The fraction of sp³-hybridized carbons (Fsp3) is 0.591. The van der Waals surface area contributed by atoms with Crippen LogP contribution in [0.4, 0.5) is 4.79 Å². The van der Waals surface area contributed by atoms with E-state index < -0.39 is 17.5 Å². The topological polar surface area (TPSA) is 78.5 Å². The van der Waals surface area contributed by atoms with Crippen molar-refractivity contribution in [2.75, 3.05) is 6.54 Å². The second-order valence-electron chi connectivity index (χ2n) is 8.66. The number of nitrogens with one attached hydrogen (secondary N) is 2. The number of nitrogens with zero attached hydrogens (tertiary/aromatic N) is 1. The Labute approximate surface area is 168 Å². The van der Waals surface area contributed by atoms with Crippen molar-refractivity contribution in [3.8, 4) is 0 Å². The molecule has 1 heterocycles. The summed E-state index contributed by atoms with van der Waals surface area (Å²) in [5, 5.41) is 5.63. The van der Waals surface area contributed by atoms with Crippen LogP contribution < -0.4 is 10.6 Å². The molecule has 154 valence electrons. The van der Waals surface area contributed by atoms with Crippen LogP contribution >= 0.6 is 0 Å². The smallest absolute Gasteiger partial charge is 0.325 e. The molecular weight excluding hydrogens is 354 g/mol. The predicted molar refractivity (Wildman–Crippen MR) is 110 cm³/mol. The molecule has 0 saturated carbocycles. The Morgan fingerprint density at radius 1 is 1.07 bits per heavy atom. The standard InChI is InChI=1S/C22H33N3O3/c1-14(2)7-8-16(5)23-19(26)13-25-20(27)22(6,24-21(25)28)18-11-9-17(10-12-18)15(3)4/h9-12,14-16H,7-8,13H2,1-6H3,(H,23,26)(H,24,28)/t16-,22-/m0/s1. The van der Waals surface area contributed by atoms with Crippen molar-refractivity contribution < 1.29 is 14.4 Å². The Hall–Kier alpha value is -2.37. The Morgan fingerprint density at radius 2 is 1.68 bits per heavy atom. The van der Waals surface area contributed by atoms with Crippen molar-refractivity contribution in [3.63, 3.8) is 0 Å². The number of rotatable bonds is 8. The van der Waals surface area contributed by atoms with E-state index in [1.165, 1.54) is 0 Å². The van der Waals surface area contributed by atoms with E-state index in [-0.39, 0.29) is 18.5 Å². The maximum absolute atomic E-state index is 13.0. The number of urea groups is 1. The molecule has 1 aromatic carbocycles. The van der Waals surface area contributed by atoms with Crippen LogP contribution in [0.25, 0.3) is 0 Å². The van der Waals surface area contributed by atoms with Gasteiger partial charge in [-0.1, -0.05) is 52.0 Å². The van der Waals surface area contributed by atoms with Gasteiger partial charge in [0.05, 0.1) is 0 Å². The van der Waals surface area contributed by atoms with Gasteiger partial charge in [0.1, 0.15) is 12.1 Å². The lowest BCUT2D eigenvalue weighted by Crippen LogP contribution is -2.45. The number of carbonyl (C=O) groups excluding carboxylic acids is 3. The molecule has 1 aliphatic heterocycles. The van der Waals surface area contributed by atoms with Crippen LogP contribution in [0.3, 0.4) is 0 Å². The zero-order valence-electron chi connectivity index (χ0n) is 17.8. The minimum Gasteiger partial charge on any atom is -0.352 e. The zero-order valence-corrected chi connectivity index (χ0v) is 17.8. The van der Waals surface area contributed by atoms with E-state index >= 15 is 0 Å². The second-order valence-corrected chi connectivity index (χ2v) is 8.66. The van der Waals surface area contributed by atoms with Crippen LogP contribution in [0.2, 0.25) is 0 Å². The first-order chi connectivity index (χ1) is 13.0. The fourth-order valence-electron chi connectivity index (χ4n) is 3.36. The van der Waals surface area contributed by atoms with Gasteiger partial charge in [-0.3, -0.25) is 14.5 Å². The van der Waals surface area contributed by atoms with Crippen molar-refractivity contribution in [3.05, 3.63) is 35.4 Å². The average Bonchev–Trinajstić information content (AvgIpc) is 2.84. The minimum atomic E-state index is -1.16. The molecule has 6 nitrogen and oxygen atoms in total. The first-order valence-electron chi connectivity index (χ1n) is 10.1. The number of carbonyl (C=O) groups is 3. The Morgan fingerprint density at radius 3 is 2.21 bits per heavy atom. The lowest BCUT2D eigenvalue weighted by molar-refractivity contribution is -0.135. The van der Waals surface area contributed by atoms with Crippen molar-refractivity contribution in [1.82, 2.24) is 15.5 Å². The lowest BCUT2D eigenvalue weighted by atomic mass is 9.90. The van der Waals surface area contributed by atoms with E-state index in [0.717, 1.165) is 23.3 Å². The molecule has 1 fully saturated rings. The molecule has 1 aliphatic rings. The maximum Gasteiger partial charge on any atom is 0.325 e. The first-order valence-corrected chi connectivity index (χ1v) is 10.1. The number of amides is 4. The molecule has 0 aliphatic carbocycles. The van der Waals surface area contributed by atoms with E-state index in [4.69, 9.17) is 0 Å². The Bertz CT molecular complexity index is 727. The van der Waals surface area contributed by atoms with E-state index in [9.17, 15) is 14.4 Å². The molecule has 6 heteroatoms. The molecule has 0 aromatic heterocycles. The van der Waals surface area contributed by atoms with Gasteiger partial charge in [-0.2, -0.15) is 0 Å². The van der Waals surface area contributed by atoms with Crippen LogP contribution in [-0.2, 0) is 15.1 Å². The van der Waals surface area contributed by atoms with Crippen LogP contribution in [0.5, 0.6) is 0 Å². The van der Waals surface area contributed by atoms with Crippen LogP contribution in [0, 0.1) is 5.92 Å². The normalized spacial score (nSPS) is 20.6. The van der Waals surface area contributed by atoms with Gasteiger partial charge >= 0.3 is 6.03 Å². The second kappa shape index (κ2) is 8.76. The summed E-state index contributed by atoms with van der Waals surface area (Å²) in [7, 11) is 0. The van der Waals surface area contributed by atoms with Gasteiger partial charge in [0.25, 0.3) is 5.91 Å². The summed E-state index contributed by atoms with van der Waals surface area (Å²) in [5.41, 5.74) is 0.718. The molecule has 2 N–H and O–H groups in total. The summed E-state index contributed by atoms with van der Waals surface area (Å²) in [5.74, 6) is 0.223. The molecule has 0 spiro atoms. The third-order valence-corrected chi connectivity index (χ3v) is 5.32. The van der Waals surface area contributed by atoms with Crippen molar-refractivity contribution in [2.45, 2.75) is 71.9 Å². The monoisotopic (exact) mass is 387 g/mol. The molecular formula is C22H33N3O3. The van der Waals surface area contributed by atoms with Crippen molar-refractivity contribution in [1.29, 1.82) is 0 Å². The molecule has 2 atom stereocenters. The van der Waals surface area contributed by atoms with Crippen LogP contribution in [0.1, 0.15) is 71.4 Å². The summed E-state index contributed by atoms with van der Waals surface area (Å²) in [6.45, 7) is 11.8. The van der Waals surface area contributed by atoms with E-state index in [2.05, 4.69) is 38.3 Å². The van der Waals surface area contributed by atoms with Gasteiger partial charge in [0, 0.05) is 6.04 Å².